The summed E-state index contributed by atoms with van der Waals surface area (Å²) in [5, 5.41) is 10.3. The van der Waals surface area contributed by atoms with E-state index in [1.54, 1.807) is 12.1 Å². The van der Waals surface area contributed by atoms with Crippen LogP contribution in [0.4, 0.5) is 4.39 Å². The lowest BCUT2D eigenvalue weighted by Crippen LogP contribution is -2.52. The topological polar surface area (TPSA) is 46.2 Å². The van der Waals surface area contributed by atoms with Crippen molar-refractivity contribution < 1.29 is 9.50 Å². The molecule has 0 spiro atoms. The molecule has 1 aliphatic rings. The second kappa shape index (κ2) is 3.74. The second-order valence-electron chi connectivity index (χ2n) is 4.27. The number of hydrogen-bond donors (Lipinski definition) is 2. The summed E-state index contributed by atoms with van der Waals surface area (Å²) >= 11 is 5.87. The lowest BCUT2D eigenvalue weighted by Gasteiger charge is -2.42. The van der Waals surface area contributed by atoms with Crippen molar-refractivity contribution in [2.45, 2.75) is 30.9 Å². The molecule has 0 radical (unpaired) electrons. The largest absolute Gasteiger partial charge is 0.389 e. The van der Waals surface area contributed by atoms with Crippen molar-refractivity contribution in [2.24, 2.45) is 5.73 Å². The van der Waals surface area contributed by atoms with Crippen LogP contribution in [0.3, 0.4) is 0 Å². The highest BCUT2D eigenvalue weighted by Crippen LogP contribution is 2.36. The van der Waals surface area contributed by atoms with Crippen LogP contribution in [0.15, 0.2) is 18.2 Å². The molecule has 15 heavy (non-hydrogen) atoms. The zero-order valence-corrected chi connectivity index (χ0v) is 8.97. The molecule has 0 heterocycles. The second-order valence-corrected chi connectivity index (χ2v) is 4.68. The van der Waals surface area contributed by atoms with Crippen molar-refractivity contribution >= 4 is 11.6 Å². The van der Waals surface area contributed by atoms with Gasteiger partial charge in [0.05, 0.1) is 5.60 Å². The van der Waals surface area contributed by atoms with E-state index >= 15 is 0 Å². The predicted octanol–water partition coefficient (Wildman–Crippen LogP) is 1.87. The minimum atomic E-state index is -0.870. The van der Waals surface area contributed by atoms with E-state index in [0.29, 0.717) is 23.4 Å². The number of halogens is 2. The van der Waals surface area contributed by atoms with E-state index in [0.717, 1.165) is 0 Å². The van der Waals surface area contributed by atoms with Crippen LogP contribution in [0.2, 0.25) is 5.02 Å². The first-order valence-corrected chi connectivity index (χ1v) is 5.29. The lowest BCUT2D eigenvalue weighted by atomic mass is 9.72. The third kappa shape index (κ3) is 2.14. The predicted molar refractivity (Wildman–Crippen MR) is 57.3 cm³/mol. The Balaban J connectivity index is 2.18. The Bertz CT molecular complexity index is 357. The summed E-state index contributed by atoms with van der Waals surface area (Å²) in [6, 6.07) is 4.56. The third-order valence-corrected chi connectivity index (χ3v) is 3.21. The van der Waals surface area contributed by atoms with Gasteiger partial charge in [0.15, 0.2) is 0 Å². The van der Waals surface area contributed by atoms with Gasteiger partial charge in [-0.25, -0.2) is 4.39 Å². The van der Waals surface area contributed by atoms with Gasteiger partial charge in [-0.05, 0) is 25.0 Å². The molecule has 1 aliphatic carbocycles. The highest BCUT2D eigenvalue weighted by Gasteiger charge is 2.41. The Morgan fingerprint density at radius 1 is 1.53 bits per heavy atom. The molecule has 3 N–H and O–H groups in total. The maximum absolute atomic E-state index is 13.4. The molecule has 0 unspecified atom stereocenters. The van der Waals surface area contributed by atoms with Gasteiger partial charge in [-0.1, -0.05) is 17.7 Å². The summed E-state index contributed by atoms with van der Waals surface area (Å²) in [6.07, 6.45) is 1.27. The molecule has 0 amide bonds. The van der Waals surface area contributed by atoms with Crippen molar-refractivity contribution in [2.75, 3.05) is 0 Å². The van der Waals surface area contributed by atoms with Crippen LogP contribution in [0.25, 0.3) is 0 Å². The molecule has 0 bridgehead atoms. The van der Waals surface area contributed by atoms with Crippen molar-refractivity contribution in [3.05, 3.63) is 34.6 Å². The normalized spacial score (nSPS) is 30.0. The molecule has 0 atom stereocenters. The van der Waals surface area contributed by atoms with E-state index in [1.807, 2.05) is 0 Å². The highest BCUT2D eigenvalue weighted by molar-refractivity contribution is 6.31. The number of hydrogen-bond acceptors (Lipinski definition) is 2. The minimum absolute atomic E-state index is 0.0283. The van der Waals surface area contributed by atoms with Gasteiger partial charge < -0.3 is 10.8 Å². The maximum atomic E-state index is 13.4. The zero-order chi connectivity index (χ0) is 11.1. The molecular weight excluding hydrogens is 217 g/mol. The molecule has 2 rings (SSSR count). The number of rotatable bonds is 2. The molecule has 1 saturated carbocycles. The van der Waals surface area contributed by atoms with Gasteiger partial charge in [-0.15, -0.1) is 0 Å². The molecule has 82 valence electrons. The van der Waals surface area contributed by atoms with Gasteiger partial charge in [-0.3, -0.25) is 0 Å². The third-order valence-electron chi connectivity index (χ3n) is 2.85. The molecule has 4 heteroatoms. The van der Waals surface area contributed by atoms with Crippen LogP contribution < -0.4 is 5.73 Å². The van der Waals surface area contributed by atoms with E-state index in [-0.39, 0.29) is 18.3 Å². The average molecular weight is 230 g/mol. The average Bonchev–Trinajstić information content (AvgIpc) is 2.09. The van der Waals surface area contributed by atoms with E-state index in [9.17, 15) is 9.50 Å². The molecule has 0 aromatic heterocycles. The summed E-state index contributed by atoms with van der Waals surface area (Å²) in [7, 11) is 0. The van der Waals surface area contributed by atoms with Crippen LogP contribution in [0.1, 0.15) is 18.4 Å². The molecule has 1 aromatic rings. The van der Waals surface area contributed by atoms with Crippen LogP contribution in [0.5, 0.6) is 0 Å². The molecule has 1 aromatic carbocycles. The number of nitrogens with two attached hydrogens (primary N) is 1. The van der Waals surface area contributed by atoms with E-state index < -0.39 is 5.60 Å². The SMILES string of the molecule is NC1CC(O)(Cc2c(F)cccc2Cl)C1. The van der Waals surface area contributed by atoms with Crippen LogP contribution in [-0.4, -0.2) is 16.7 Å². The first-order valence-electron chi connectivity index (χ1n) is 4.91. The summed E-state index contributed by atoms with van der Waals surface area (Å²) in [4.78, 5) is 0. The van der Waals surface area contributed by atoms with Gasteiger partial charge in [0.25, 0.3) is 0 Å². The first-order chi connectivity index (χ1) is 7.00. The van der Waals surface area contributed by atoms with Gasteiger partial charge >= 0.3 is 0 Å². The van der Waals surface area contributed by atoms with Crippen LogP contribution in [-0.2, 0) is 6.42 Å². The first kappa shape index (κ1) is 10.9. The van der Waals surface area contributed by atoms with Crippen LogP contribution in [0, 0.1) is 5.82 Å². The number of aliphatic hydroxyl groups is 1. The Morgan fingerprint density at radius 3 is 2.73 bits per heavy atom. The standard InChI is InChI=1S/C11H13ClFNO/c12-9-2-1-3-10(13)8(9)6-11(15)4-7(14)5-11/h1-3,7,15H,4-6,14H2. The highest BCUT2D eigenvalue weighted by atomic mass is 35.5. The smallest absolute Gasteiger partial charge is 0.127 e. The number of benzene rings is 1. The van der Waals surface area contributed by atoms with Crippen molar-refractivity contribution in [3.8, 4) is 0 Å². The summed E-state index contributed by atoms with van der Waals surface area (Å²) in [5.41, 5.74) is 5.11. The monoisotopic (exact) mass is 229 g/mol. The molecule has 1 fully saturated rings. The molecular formula is C11H13ClFNO. The molecule has 0 saturated heterocycles. The fourth-order valence-corrected chi connectivity index (χ4v) is 2.32. The van der Waals surface area contributed by atoms with E-state index in [2.05, 4.69) is 0 Å². The van der Waals surface area contributed by atoms with Gasteiger partial charge in [-0.2, -0.15) is 0 Å². The van der Waals surface area contributed by atoms with Crippen LogP contribution >= 0.6 is 11.6 Å². The molecule has 0 aliphatic heterocycles. The quantitative estimate of drug-likeness (QED) is 0.814. The Hall–Kier alpha value is -0.640. The maximum Gasteiger partial charge on any atom is 0.127 e. The Labute approximate surface area is 92.9 Å². The lowest BCUT2D eigenvalue weighted by molar-refractivity contribution is -0.0460. The van der Waals surface area contributed by atoms with E-state index in [1.165, 1.54) is 6.07 Å². The summed E-state index contributed by atoms with van der Waals surface area (Å²) < 4.78 is 13.4. The fourth-order valence-electron chi connectivity index (χ4n) is 2.09. The Morgan fingerprint density at radius 2 is 2.20 bits per heavy atom. The molecule has 2 nitrogen and oxygen atoms in total. The van der Waals surface area contributed by atoms with Gasteiger partial charge in [0.1, 0.15) is 5.82 Å². The van der Waals surface area contributed by atoms with Crippen molar-refractivity contribution in [1.82, 2.24) is 0 Å². The van der Waals surface area contributed by atoms with Crippen molar-refractivity contribution in [3.63, 3.8) is 0 Å². The van der Waals surface area contributed by atoms with Crippen molar-refractivity contribution in [1.29, 1.82) is 0 Å². The fraction of sp³-hybridized carbons (Fsp3) is 0.455. The summed E-state index contributed by atoms with van der Waals surface area (Å²) in [6.45, 7) is 0. The van der Waals surface area contributed by atoms with Gasteiger partial charge in [0, 0.05) is 23.0 Å². The van der Waals surface area contributed by atoms with E-state index in [4.69, 9.17) is 17.3 Å². The zero-order valence-electron chi connectivity index (χ0n) is 8.21. The Kier molecular flexibility index (Phi) is 2.71. The van der Waals surface area contributed by atoms with Gasteiger partial charge in [0.2, 0.25) is 0 Å². The minimum Gasteiger partial charge on any atom is -0.389 e. The summed E-state index contributed by atoms with van der Waals surface area (Å²) in [5.74, 6) is -0.364.